The summed E-state index contributed by atoms with van der Waals surface area (Å²) in [5.74, 6) is -0.527. The molecule has 1 amide bonds. The third-order valence-corrected chi connectivity index (χ3v) is 4.72. The van der Waals surface area contributed by atoms with Gasteiger partial charge in [-0.1, -0.05) is 29.3 Å². The summed E-state index contributed by atoms with van der Waals surface area (Å²) in [4.78, 5) is 16.7. The molecule has 2 aromatic rings. The number of amides is 1. The summed E-state index contributed by atoms with van der Waals surface area (Å²) < 4.78 is 0. The average molecular weight is 351 g/mol. The van der Waals surface area contributed by atoms with Crippen LogP contribution in [-0.4, -0.2) is 16.0 Å². The minimum atomic E-state index is -0.692. The first-order valence-corrected chi connectivity index (χ1v) is 8.08. The van der Waals surface area contributed by atoms with E-state index in [0.717, 1.165) is 16.7 Å². The van der Waals surface area contributed by atoms with Gasteiger partial charge in [-0.25, -0.2) is 0 Å². The van der Waals surface area contributed by atoms with E-state index in [4.69, 9.17) is 23.2 Å². The molecule has 0 fully saturated rings. The van der Waals surface area contributed by atoms with Gasteiger partial charge in [-0.15, -0.1) is 0 Å². The molecule has 120 valence electrons. The van der Waals surface area contributed by atoms with Gasteiger partial charge in [0, 0.05) is 22.8 Å². The highest BCUT2D eigenvalue weighted by atomic mass is 35.5. The van der Waals surface area contributed by atoms with Crippen molar-refractivity contribution < 1.29 is 9.90 Å². The zero-order valence-corrected chi connectivity index (χ0v) is 14.0. The van der Waals surface area contributed by atoms with Crippen molar-refractivity contribution in [1.82, 2.24) is 10.3 Å². The van der Waals surface area contributed by atoms with Crippen LogP contribution in [-0.2, 0) is 11.3 Å². The van der Waals surface area contributed by atoms with Crippen LogP contribution in [0.15, 0.2) is 30.5 Å². The number of nitrogens with one attached hydrogen (secondary N) is 1. The number of pyridine rings is 1. The summed E-state index contributed by atoms with van der Waals surface area (Å²) in [6, 6.07) is 7.09. The lowest BCUT2D eigenvalue weighted by Crippen LogP contribution is -2.28. The van der Waals surface area contributed by atoms with E-state index in [9.17, 15) is 9.90 Å². The Bertz CT molecular complexity index is 741. The van der Waals surface area contributed by atoms with E-state index in [-0.39, 0.29) is 11.8 Å². The Morgan fingerprint density at radius 3 is 2.96 bits per heavy atom. The number of nitrogens with zero attached hydrogens (tertiary/aromatic N) is 1. The lowest BCUT2D eigenvalue weighted by Gasteiger charge is -2.14. The predicted octanol–water partition coefficient (Wildman–Crippen LogP) is 3.53. The van der Waals surface area contributed by atoms with E-state index < -0.39 is 6.10 Å². The fraction of sp³-hybridized carbons (Fsp3) is 0.294. The Balaban J connectivity index is 1.74. The molecule has 0 saturated carbocycles. The highest BCUT2D eigenvalue weighted by Crippen LogP contribution is 2.38. The highest BCUT2D eigenvalue weighted by Gasteiger charge is 2.35. The molecule has 0 spiro atoms. The molecule has 0 radical (unpaired) electrons. The number of aromatic nitrogens is 1. The molecule has 1 aliphatic carbocycles. The van der Waals surface area contributed by atoms with Crippen LogP contribution in [0.4, 0.5) is 0 Å². The molecule has 2 N–H and O–H groups in total. The van der Waals surface area contributed by atoms with Gasteiger partial charge in [-0.05, 0) is 48.2 Å². The third-order valence-electron chi connectivity index (χ3n) is 4.16. The number of hydrogen-bond donors (Lipinski definition) is 2. The largest absolute Gasteiger partial charge is 0.387 e. The molecule has 0 aliphatic heterocycles. The first-order valence-electron chi connectivity index (χ1n) is 7.32. The Labute approximate surface area is 144 Å². The fourth-order valence-corrected chi connectivity index (χ4v) is 3.63. The summed E-state index contributed by atoms with van der Waals surface area (Å²) in [5, 5.41) is 14.0. The van der Waals surface area contributed by atoms with Crippen LogP contribution in [0.5, 0.6) is 0 Å². The molecule has 1 aromatic heterocycles. The second-order valence-electron chi connectivity index (χ2n) is 5.68. The second-order valence-corrected chi connectivity index (χ2v) is 6.53. The van der Waals surface area contributed by atoms with Gasteiger partial charge in [0.05, 0.1) is 17.7 Å². The minimum Gasteiger partial charge on any atom is -0.387 e. The normalized spacial score (nSPS) is 19.5. The topological polar surface area (TPSA) is 62.2 Å². The summed E-state index contributed by atoms with van der Waals surface area (Å²) >= 11 is 12.2. The van der Waals surface area contributed by atoms with Crippen molar-refractivity contribution in [1.29, 1.82) is 0 Å². The minimum absolute atomic E-state index is 0.138. The van der Waals surface area contributed by atoms with Crippen LogP contribution in [0, 0.1) is 6.92 Å². The Morgan fingerprint density at radius 2 is 2.22 bits per heavy atom. The molecule has 2 atom stereocenters. The molecule has 0 saturated heterocycles. The first kappa shape index (κ1) is 16.2. The van der Waals surface area contributed by atoms with Crippen molar-refractivity contribution in [2.75, 3.05) is 0 Å². The number of fused-ring (bicyclic) bond motifs is 1. The SMILES string of the molecule is Cc1cc(Cl)cc(Cl)c1CNC(=O)[C@H]1C[C@@H](O)c2ncccc21. The van der Waals surface area contributed by atoms with E-state index in [2.05, 4.69) is 10.3 Å². The lowest BCUT2D eigenvalue weighted by molar-refractivity contribution is -0.123. The Hall–Kier alpha value is -1.62. The van der Waals surface area contributed by atoms with Gasteiger partial charge in [-0.3, -0.25) is 9.78 Å². The number of aliphatic hydroxyl groups excluding tert-OH is 1. The Kier molecular flexibility index (Phi) is 4.57. The Morgan fingerprint density at radius 1 is 1.43 bits per heavy atom. The van der Waals surface area contributed by atoms with Gasteiger partial charge < -0.3 is 10.4 Å². The monoisotopic (exact) mass is 350 g/mol. The molecule has 0 unspecified atom stereocenters. The van der Waals surface area contributed by atoms with Crippen LogP contribution in [0.25, 0.3) is 0 Å². The predicted molar refractivity (Wildman–Crippen MR) is 89.6 cm³/mol. The van der Waals surface area contributed by atoms with Gasteiger partial charge in [0.15, 0.2) is 0 Å². The number of carbonyl (C=O) groups excluding carboxylic acids is 1. The van der Waals surface area contributed by atoms with Crippen molar-refractivity contribution in [3.63, 3.8) is 0 Å². The van der Waals surface area contributed by atoms with Gasteiger partial charge in [0.2, 0.25) is 5.91 Å². The fourth-order valence-electron chi connectivity index (χ4n) is 2.97. The number of benzene rings is 1. The molecule has 1 heterocycles. The van der Waals surface area contributed by atoms with Crippen LogP contribution < -0.4 is 5.32 Å². The molecule has 23 heavy (non-hydrogen) atoms. The summed E-state index contributed by atoms with van der Waals surface area (Å²) in [6.07, 6.45) is 1.29. The maximum absolute atomic E-state index is 12.5. The van der Waals surface area contributed by atoms with Gasteiger partial charge in [0.25, 0.3) is 0 Å². The van der Waals surface area contributed by atoms with E-state index in [1.165, 1.54) is 0 Å². The van der Waals surface area contributed by atoms with Crippen molar-refractivity contribution in [2.45, 2.75) is 31.9 Å². The molecular weight excluding hydrogens is 335 g/mol. The number of halogens is 2. The zero-order valence-electron chi connectivity index (χ0n) is 12.5. The van der Waals surface area contributed by atoms with Gasteiger partial charge in [0.1, 0.15) is 0 Å². The maximum Gasteiger partial charge on any atom is 0.227 e. The van der Waals surface area contributed by atoms with Gasteiger partial charge in [-0.2, -0.15) is 0 Å². The van der Waals surface area contributed by atoms with Crippen LogP contribution in [0.2, 0.25) is 10.0 Å². The van der Waals surface area contributed by atoms with E-state index >= 15 is 0 Å². The van der Waals surface area contributed by atoms with Crippen molar-refractivity contribution in [3.05, 3.63) is 62.9 Å². The molecule has 1 aromatic carbocycles. The van der Waals surface area contributed by atoms with Crippen molar-refractivity contribution in [2.24, 2.45) is 0 Å². The average Bonchev–Trinajstić information content (AvgIpc) is 2.84. The second kappa shape index (κ2) is 6.48. The lowest BCUT2D eigenvalue weighted by atomic mass is 10.0. The molecular formula is C17H16Cl2N2O2. The number of rotatable bonds is 3. The van der Waals surface area contributed by atoms with E-state index in [0.29, 0.717) is 28.7 Å². The van der Waals surface area contributed by atoms with Crippen molar-refractivity contribution in [3.8, 4) is 0 Å². The molecule has 3 rings (SSSR count). The smallest absolute Gasteiger partial charge is 0.227 e. The summed E-state index contributed by atoms with van der Waals surface area (Å²) in [5.41, 5.74) is 3.15. The molecule has 1 aliphatic rings. The zero-order chi connectivity index (χ0) is 16.6. The first-order chi connectivity index (χ1) is 11.0. The third kappa shape index (κ3) is 3.20. The number of carbonyl (C=O) groups is 1. The number of hydrogen-bond acceptors (Lipinski definition) is 3. The van der Waals surface area contributed by atoms with Crippen LogP contribution >= 0.6 is 23.2 Å². The van der Waals surface area contributed by atoms with Crippen LogP contribution in [0.3, 0.4) is 0 Å². The quantitative estimate of drug-likeness (QED) is 0.889. The molecule has 4 nitrogen and oxygen atoms in total. The standard InChI is InChI=1S/C17H16Cl2N2O2/c1-9-5-10(18)6-14(19)13(9)8-21-17(23)12-7-15(22)16-11(12)3-2-4-20-16/h2-6,12,15,22H,7-8H2,1H3,(H,21,23)/t12-,15+/m0/s1. The number of aryl methyl sites for hydroxylation is 1. The van der Waals surface area contributed by atoms with Crippen molar-refractivity contribution >= 4 is 29.1 Å². The van der Waals surface area contributed by atoms with E-state index in [1.54, 1.807) is 18.3 Å². The summed E-state index contributed by atoms with van der Waals surface area (Å²) in [7, 11) is 0. The van der Waals surface area contributed by atoms with Crippen LogP contribution in [0.1, 0.15) is 40.8 Å². The molecule has 6 heteroatoms. The van der Waals surface area contributed by atoms with E-state index in [1.807, 2.05) is 19.1 Å². The highest BCUT2D eigenvalue weighted by molar-refractivity contribution is 6.35. The number of aliphatic hydroxyl groups is 1. The maximum atomic E-state index is 12.5. The summed E-state index contributed by atoms with van der Waals surface area (Å²) in [6.45, 7) is 2.22. The van der Waals surface area contributed by atoms with Gasteiger partial charge >= 0.3 is 0 Å². The molecule has 0 bridgehead atoms.